The summed E-state index contributed by atoms with van der Waals surface area (Å²) in [5, 5.41) is 0. The fourth-order valence-electron chi connectivity index (χ4n) is 3.68. The first kappa shape index (κ1) is 26.8. The normalized spacial score (nSPS) is 11.2. The molecule has 0 aliphatic rings. The largest absolute Gasteiger partial charge is 0.497 e. The maximum Gasteiger partial charge on any atom is 0.185 e. The molecule has 5 heteroatoms. The van der Waals surface area contributed by atoms with Gasteiger partial charge in [-0.3, -0.25) is 4.79 Å². The number of aryl methyl sites for hydroxylation is 1. The van der Waals surface area contributed by atoms with Crippen molar-refractivity contribution in [3.8, 4) is 17.2 Å². The van der Waals surface area contributed by atoms with E-state index in [2.05, 4.69) is 0 Å². The summed E-state index contributed by atoms with van der Waals surface area (Å²) in [7, 11) is 4.93. The lowest BCUT2D eigenvalue weighted by molar-refractivity contribution is 0.104. The summed E-state index contributed by atoms with van der Waals surface area (Å²) in [5.74, 6) is 2.07. The Morgan fingerprint density at radius 2 is 1.58 bits per heavy atom. The molecule has 0 N–H and O–H groups in total. The summed E-state index contributed by atoms with van der Waals surface area (Å²) in [6.07, 6.45) is 9.31. The van der Waals surface area contributed by atoms with Crippen LogP contribution in [-0.2, 0) is 4.74 Å². The van der Waals surface area contributed by atoms with Gasteiger partial charge in [-0.25, -0.2) is 0 Å². The van der Waals surface area contributed by atoms with Crippen molar-refractivity contribution in [2.75, 3.05) is 34.5 Å². The lowest BCUT2D eigenvalue weighted by Gasteiger charge is -2.12. The van der Waals surface area contributed by atoms with Gasteiger partial charge in [-0.05, 0) is 67.3 Å². The van der Waals surface area contributed by atoms with Crippen molar-refractivity contribution in [2.24, 2.45) is 0 Å². The van der Waals surface area contributed by atoms with Gasteiger partial charge in [0, 0.05) is 30.9 Å². The Labute approximate surface area is 214 Å². The highest BCUT2D eigenvalue weighted by Gasteiger charge is 2.10. The molecule has 0 aromatic heterocycles. The van der Waals surface area contributed by atoms with Gasteiger partial charge in [-0.15, -0.1) is 0 Å². The summed E-state index contributed by atoms with van der Waals surface area (Å²) in [4.78, 5) is 12.8. The van der Waals surface area contributed by atoms with Crippen LogP contribution in [0.5, 0.6) is 17.2 Å². The molecule has 0 heterocycles. The van der Waals surface area contributed by atoms with Crippen molar-refractivity contribution in [3.05, 3.63) is 94.6 Å². The van der Waals surface area contributed by atoms with Crippen molar-refractivity contribution < 1.29 is 23.7 Å². The van der Waals surface area contributed by atoms with Crippen LogP contribution in [0.4, 0.5) is 0 Å². The van der Waals surface area contributed by atoms with Gasteiger partial charge in [0.25, 0.3) is 0 Å². The first-order valence-corrected chi connectivity index (χ1v) is 12.0. The molecule has 3 aromatic carbocycles. The smallest absolute Gasteiger partial charge is 0.185 e. The van der Waals surface area contributed by atoms with Crippen LogP contribution in [0.25, 0.3) is 18.2 Å². The number of rotatable bonds is 13. The van der Waals surface area contributed by atoms with E-state index in [4.69, 9.17) is 18.9 Å². The van der Waals surface area contributed by atoms with E-state index < -0.39 is 0 Å². The Hall–Kier alpha value is -3.83. The maximum absolute atomic E-state index is 12.8. The zero-order chi connectivity index (χ0) is 25.8. The number of hydrogen-bond acceptors (Lipinski definition) is 5. The summed E-state index contributed by atoms with van der Waals surface area (Å²) in [6.45, 7) is 3.39. The molecule has 36 heavy (non-hydrogen) atoms. The van der Waals surface area contributed by atoms with Crippen LogP contribution in [0.2, 0.25) is 0 Å². The van der Waals surface area contributed by atoms with E-state index in [1.54, 1.807) is 33.5 Å². The number of allylic oxidation sites excluding steroid dienone is 1. The maximum atomic E-state index is 12.8. The van der Waals surface area contributed by atoms with E-state index in [0.717, 1.165) is 47.5 Å². The molecule has 3 aromatic rings. The van der Waals surface area contributed by atoms with Crippen LogP contribution >= 0.6 is 0 Å². The highest BCUT2D eigenvalue weighted by Crippen LogP contribution is 2.31. The third kappa shape index (κ3) is 7.85. The number of benzene rings is 3. The molecule has 0 unspecified atom stereocenters. The van der Waals surface area contributed by atoms with Crippen molar-refractivity contribution in [1.82, 2.24) is 0 Å². The third-order valence-electron chi connectivity index (χ3n) is 5.65. The average Bonchev–Trinajstić information content (AvgIpc) is 2.90. The molecular formula is C31H34O5. The molecule has 0 radical (unpaired) electrons. The molecule has 0 atom stereocenters. The fraction of sp³-hybridized carbons (Fsp3) is 0.258. The number of unbranched alkanes of at least 4 members (excludes halogenated alkanes) is 1. The molecule has 3 rings (SSSR count). The number of hydrogen-bond donors (Lipinski definition) is 0. The number of ketones is 1. The second kappa shape index (κ2) is 13.9. The van der Waals surface area contributed by atoms with Crippen LogP contribution in [0.3, 0.4) is 0 Å². The Balaban J connectivity index is 1.80. The molecule has 0 aliphatic carbocycles. The van der Waals surface area contributed by atoms with Crippen LogP contribution in [-0.4, -0.2) is 40.3 Å². The van der Waals surface area contributed by atoms with E-state index in [1.165, 1.54) is 0 Å². The first-order valence-electron chi connectivity index (χ1n) is 12.0. The molecule has 5 nitrogen and oxygen atoms in total. The highest BCUT2D eigenvalue weighted by atomic mass is 16.5. The second-order valence-corrected chi connectivity index (χ2v) is 8.35. The van der Waals surface area contributed by atoms with Gasteiger partial charge in [-0.2, -0.15) is 0 Å². The standard InChI is InChI=1S/C31H34O5/c1-23-8-7-9-26(20-23)30(32)17-16-29-25(21-28(34-3)22-31(29)35-4)13-10-24-11-14-27(15-12-24)36-19-6-5-18-33-2/h7-17,20-22H,5-6,18-19H2,1-4H3/b13-10+,17-16+. The predicted octanol–water partition coefficient (Wildman–Crippen LogP) is 6.88. The zero-order valence-corrected chi connectivity index (χ0v) is 21.5. The molecule has 0 spiro atoms. The lowest BCUT2D eigenvalue weighted by Crippen LogP contribution is -1.99. The van der Waals surface area contributed by atoms with Gasteiger partial charge < -0.3 is 18.9 Å². The summed E-state index contributed by atoms with van der Waals surface area (Å²) < 4.78 is 21.9. The fourth-order valence-corrected chi connectivity index (χ4v) is 3.68. The Morgan fingerprint density at radius 1 is 0.806 bits per heavy atom. The molecule has 188 valence electrons. The van der Waals surface area contributed by atoms with Gasteiger partial charge in [-0.1, -0.05) is 48.0 Å². The van der Waals surface area contributed by atoms with Gasteiger partial charge in [0.2, 0.25) is 0 Å². The predicted molar refractivity (Wildman–Crippen MR) is 146 cm³/mol. The van der Waals surface area contributed by atoms with Gasteiger partial charge in [0.15, 0.2) is 5.78 Å². The quantitative estimate of drug-likeness (QED) is 0.114. The number of methoxy groups -OCH3 is 3. The third-order valence-corrected chi connectivity index (χ3v) is 5.65. The molecule has 0 bridgehead atoms. The second-order valence-electron chi connectivity index (χ2n) is 8.35. The van der Waals surface area contributed by atoms with Gasteiger partial charge in [0.1, 0.15) is 17.2 Å². The van der Waals surface area contributed by atoms with E-state index in [9.17, 15) is 4.79 Å². The molecule has 0 saturated heterocycles. The molecule has 0 amide bonds. The summed E-state index contributed by atoms with van der Waals surface area (Å²) >= 11 is 0. The first-order chi connectivity index (χ1) is 17.5. The topological polar surface area (TPSA) is 54.0 Å². The van der Waals surface area contributed by atoms with Gasteiger partial charge >= 0.3 is 0 Å². The minimum absolute atomic E-state index is 0.0655. The molecule has 0 fully saturated rings. The molecular weight excluding hydrogens is 452 g/mol. The van der Waals surface area contributed by atoms with Crippen molar-refractivity contribution >= 4 is 24.0 Å². The van der Waals surface area contributed by atoms with E-state index in [1.807, 2.05) is 79.7 Å². The highest BCUT2D eigenvalue weighted by molar-refractivity contribution is 6.07. The van der Waals surface area contributed by atoms with E-state index in [0.29, 0.717) is 23.7 Å². The number of carbonyl (C=O) groups is 1. The van der Waals surface area contributed by atoms with Crippen molar-refractivity contribution in [3.63, 3.8) is 0 Å². The Morgan fingerprint density at radius 3 is 2.28 bits per heavy atom. The van der Waals surface area contributed by atoms with Crippen molar-refractivity contribution in [1.29, 1.82) is 0 Å². The summed E-state index contributed by atoms with van der Waals surface area (Å²) in [5.41, 5.74) is 4.39. The minimum Gasteiger partial charge on any atom is -0.497 e. The van der Waals surface area contributed by atoms with Crippen LogP contribution < -0.4 is 14.2 Å². The monoisotopic (exact) mass is 486 g/mol. The number of carbonyl (C=O) groups excluding carboxylic acids is 1. The average molecular weight is 487 g/mol. The minimum atomic E-state index is -0.0655. The van der Waals surface area contributed by atoms with Crippen LogP contribution in [0, 0.1) is 6.92 Å². The van der Waals surface area contributed by atoms with E-state index >= 15 is 0 Å². The molecule has 0 aliphatic heterocycles. The van der Waals surface area contributed by atoms with Crippen molar-refractivity contribution in [2.45, 2.75) is 19.8 Å². The Kier molecular flexibility index (Phi) is 10.3. The summed E-state index contributed by atoms with van der Waals surface area (Å²) in [6, 6.07) is 19.2. The lowest BCUT2D eigenvalue weighted by atomic mass is 10.0. The SMILES string of the molecule is COCCCCOc1ccc(/C=C/c2cc(OC)cc(OC)c2/C=C/C(=O)c2cccc(C)c2)cc1. The van der Waals surface area contributed by atoms with Crippen LogP contribution in [0.1, 0.15) is 45.5 Å². The Bertz CT molecular complexity index is 1190. The number of ether oxygens (including phenoxy) is 4. The zero-order valence-electron chi connectivity index (χ0n) is 21.5. The van der Waals surface area contributed by atoms with Crippen LogP contribution in [0.15, 0.2) is 66.7 Å². The van der Waals surface area contributed by atoms with E-state index in [-0.39, 0.29) is 5.78 Å². The van der Waals surface area contributed by atoms with Gasteiger partial charge in [0.05, 0.1) is 20.8 Å². The molecule has 0 saturated carbocycles.